The van der Waals surface area contributed by atoms with Gasteiger partial charge in [-0.2, -0.15) is 9.61 Å². The second-order valence-corrected chi connectivity index (χ2v) is 5.09. The highest BCUT2D eigenvalue weighted by molar-refractivity contribution is 5.78. The monoisotopic (exact) mass is 271 g/mol. The lowest BCUT2D eigenvalue weighted by Crippen LogP contribution is -2.38. The second kappa shape index (κ2) is 4.88. The van der Waals surface area contributed by atoms with Crippen molar-refractivity contribution in [3.05, 3.63) is 30.6 Å². The van der Waals surface area contributed by atoms with E-state index in [1.54, 1.807) is 0 Å². The van der Waals surface area contributed by atoms with E-state index in [4.69, 9.17) is 4.74 Å². The lowest BCUT2D eigenvalue weighted by atomic mass is 10.3. The van der Waals surface area contributed by atoms with Gasteiger partial charge in [0.1, 0.15) is 6.33 Å². The molecular formula is C14H17N5O. The average Bonchev–Trinajstić information content (AvgIpc) is 3.05. The molecule has 0 amide bonds. The van der Waals surface area contributed by atoms with Gasteiger partial charge in [-0.3, -0.25) is 9.47 Å². The quantitative estimate of drug-likeness (QED) is 0.713. The molecule has 0 saturated carbocycles. The van der Waals surface area contributed by atoms with E-state index in [1.807, 2.05) is 29.0 Å². The molecule has 3 heterocycles. The topological polar surface area (TPSA) is 47.6 Å². The maximum Gasteiger partial charge on any atom is 0.233 e. The van der Waals surface area contributed by atoms with Crippen LogP contribution in [0.5, 0.6) is 0 Å². The third-order valence-corrected chi connectivity index (χ3v) is 3.84. The van der Waals surface area contributed by atoms with Gasteiger partial charge in [0.25, 0.3) is 0 Å². The first-order chi connectivity index (χ1) is 9.92. The Hall–Kier alpha value is -1.92. The van der Waals surface area contributed by atoms with Gasteiger partial charge in [0.05, 0.1) is 24.2 Å². The number of fused-ring (bicyclic) bond motifs is 3. The van der Waals surface area contributed by atoms with Crippen molar-refractivity contribution in [1.82, 2.24) is 24.1 Å². The van der Waals surface area contributed by atoms with Crippen LogP contribution in [0.15, 0.2) is 30.6 Å². The van der Waals surface area contributed by atoms with Crippen LogP contribution < -0.4 is 0 Å². The van der Waals surface area contributed by atoms with Crippen molar-refractivity contribution in [3.63, 3.8) is 0 Å². The van der Waals surface area contributed by atoms with E-state index in [0.29, 0.717) is 0 Å². The Bertz CT molecular complexity index is 725. The highest BCUT2D eigenvalue weighted by Gasteiger charge is 2.13. The van der Waals surface area contributed by atoms with E-state index < -0.39 is 0 Å². The van der Waals surface area contributed by atoms with Crippen LogP contribution in [-0.4, -0.2) is 56.9 Å². The Morgan fingerprint density at radius 2 is 1.95 bits per heavy atom. The fourth-order valence-electron chi connectivity index (χ4n) is 2.70. The van der Waals surface area contributed by atoms with Gasteiger partial charge in [-0.1, -0.05) is 12.1 Å². The normalized spacial score (nSPS) is 17.2. The summed E-state index contributed by atoms with van der Waals surface area (Å²) in [6, 6.07) is 8.10. The molecule has 6 heteroatoms. The van der Waals surface area contributed by atoms with Crippen LogP contribution in [-0.2, 0) is 11.3 Å². The van der Waals surface area contributed by atoms with Crippen LogP contribution in [0.25, 0.3) is 16.8 Å². The maximum atomic E-state index is 5.37. The highest BCUT2D eigenvalue weighted by Crippen LogP contribution is 2.15. The molecule has 2 aromatic heterocycles. The van der Waals surface area contributed by atoms with Crippen molar-refractivity contribution in [1.29, 1.82) is 0 Å². The summed E-state index contributed by atoms with van der Waals surface area (Å²) >= 11 is 0. The van der Waals surface area contributed by atoms with Crippen molar-refractivity contribution in [3.8, 4) is 0 Å². The van der Waals surface area contributed by atoms with E-state index in [9.17, 15) is 0 Å². The molecule has 1 aliphatic rings. The van der Waals surface area contributed by atoms with Crippen LogP contribution in [0.1, 0.15) is 0 Å². The molecule has 1 aromatic carbocycles. The highest BCUT2D eigenvalue weighted by atomic mass is 16.5. The minimum atomic E-state index is 0.840. The largest absolute Gasteiger partial charge is 0.379 e. The van der Waals surface area contributed by atoms with Gasteiger partial charge in [0.15, 0.2) is 0 Å². The fraction of sp³-hybridized carbons (Fsp3) is 0.429. The third-order valence-electron chi connectivity index (χ3n) is 3.84. The SMILES string of the molecule is c1ccc2c(c1)nc1n(CCN3CCOCC3)cnn21. The van der Waals surface area contributed by atoms with Gasteiger partial charge in [-0.15, -0.1) is 0 Å². The van der Waals surface area contributed by atoms with Crippen molar-refractivity contribution in [2.75, 3.05) is 32.8 Å². The summed E-state index contributed by atoms with van der Waals surface area (Å²) in [6.45, 7) is 5.63. The number of ether oxygens (including phenoxy) is 1. The molecule has 0 spiro atoms. The number of hydrogen-bond acceptors (Lipinski definition) is 4. The van der Waals surface area contributed by atoms with Gasteiger partial charge >= 0.3 is 0 Å². The number of nitrogens with zero attached hydrogens (tertiary/aromatic N) is 5. The minimum Gasteiger partial charge on any atom is -0.379 e. The van der Waals surface area contributed by atoms with Crippen molar-refractivity contribution in [2.45, 2.75) is 6.54 Å². The van der Waals surface area contributed by atoms with Crippen LogP contribution in [0.4, 0.5) is 0 Å². The molecule has 0 N–H and O–H groups in total. The van der Waals surface area contributed by atoms with Gasteiger partial charge in [0, 0.05) is 26.2 Å². The Kier molecular flexibility index (Phi) is 2.90. The number of morpholine rings is 1. The molecule has 6 nitrogen and oxygen atoms in total. The van der Waals surface area contributed by atoms with Crippen LogP contribution >= 0.6 is 0 Å². The first-order valence-electron chi connectivity index (χ1n) is 7.00. The number of imidazole rings is 1. The smallest absolute Gasteiger partial charge is 0.233 e. The van der Waals surface area contributed by atoms with E-state index >= 15 is 0 Å². The maximum absolute atomic E-state index is 5.37. The van der Waals surface area contributed by atoms with Gasteiger partial charge in [0.2, 0.25) is 5.78 Å². The van der Waals surface area contributed by atoms with Crippen LogP contribution in [0, 0.1) is 0 Å². The van der Waals surface area contributed by atoms with E-state index in [2.05, 4.69) is 25.6 Å². The molecule has 1 saturated heterocycles. The van der Waals surface area contributed by atoms with E-state index in [0.717, 1.165) is 56.2 Å². The Morgan fingerprint density at radius 1 is 1.10 bits per heavy atom. The zero-order valence-electron chi connectivity index (χ0n) is 11.3. The van der Waals surface area contributed by atoms with Gasteiger partial charge in [-0.05, 0) is 12.1 Å². The van der Waals surface area contributed by atoms with E-state index in [1.165, 1.54) is 0 Å². The number of aromatic nitrogens is 4. The standard InChI is InChI=1S/C14H17N5O/c1-2-4-13-12(3-1)16-14-18(11-15-19(13)14)6-5-17-7-9-20-10-8-17/h1-4,11H,5-10H2. The van der Waals surface area contributed by atoms with E-state index in [-0.39, 0.29) is 0 Å². The lowest BCUT2D eigenvalue weighted by Gasteiger charge is -2.26. The van der Waals surface area contributed by atoms with Crippen molar-refractivity contribution < 1.29 is 4.74 Å². The van der Waals surface area contributed by atoms with Crippen molar-refractivity contribution >= 4 is 16.8 Å². The molecular weight excluding hydrogens is 254 g/mol. The van der Waals surface area contributed by atoms with Crippen LogP contribution in [0.3, 0.4) is 0 Å². The summed E-state index contributed by atoms with van der Waals surface area (Å²) in [7, 11) is 0. The summed E-state index contributed by atoms with van der Waals surface area (Å²) in [6.07, 6.45) is 1.87. The van der Waals surface area contributed by atoms with Crippen molar-refractivity contribution in [2.24, 2.45) is 0 Å². The number of benzene rings is 1. The number of para-hydroxylation sites is 2. The molecule has 0 radical (unpaired) electrons. The molecule has 104 valence electrons. The first-order valence-corrected chi connectivity index (χ1v) is 7.00. The zero-order chi connectivity index (χ0) is 13.4. The fourth-order valence-corrected chi connectivity index (χ4v) is 2.70. The molecule has 0 atom stereocenters. The van der Waals surface area contributed by atoms with Crippen LogP contribution in [0.2, 0.25) is 0 Å². The summed E-state index contributed by atoms with van der Waals surface area (Å²) in [5.41, 5.74) is 2.06. The predicted octanol–water partition coefficient (Wildman–Crippen LogP) is 1.02. The molecule has 0 aliphatic carbocycles. The summed E-state index contributed by atoms with van der Waals surface area (Å²) in [4.78, 5) is 7.08. The third kappa shape index (κ3) is 1.97. The first kappa shape index (κ1) is 11.9. The summed E-state index contributed by atoms with van der Waals surface area (Å²) in [5.74, 6) is 0.916. The van der Waals surface area contributed by atoms with Gasteiger partial charge < -0.3 is 4.74 Å². The minimum absolute atomic E-state index is 0.840. The Balaban J connectivity index is 1.59. The zero-order valence-corrected chi connectivity index (χ0v) is 11.3. The second-order valence-electron chi connectivity index (χ2n) is 5.09. The average molecular weight is 271 g/mol. The molecule has 1 fully saturated rings. The molecule has 1 aliphatic heterocycles. The van der Waals surface area contributed by atoms with Gasteiger partial charge in [-0.25, -0.2) is 4.98 Å². The summed E-state index contributed by atoms with van der Waals surface area (Å²) in [5, 5.41) is 4.44. The number of rotatable bonds is 3. The number of hydrogen-bond donors (Lipinski definition) is 0. The summed E-state index contributed by atoms with van der Waals surface area (Å²) < 4.78 is 9.40. The molecule has 0 unspecified atom stereocenters. The Labute approximate surface area is 116 Å². The molecule has 20 heavy (non-hydrogen) atoms. The Morgan fingerprint density at radius 3 is 2.85 bits per heavy atom. The predicted molar refractivity (Wildman–Crippen MR) is 75.7 cm³/mol. The molecule has 0 bridgehead atoms. The molecule has 4 rings (SSSR count). The lowest BCUT2D eigenvalue weighted by molar-refractivity contribution is 0.0365. The molecule has 3 aromatic rings.